The fraction of sp³-hybridized carbons (Fsp3) is 0.0870. The molecule has 6 heteroatoms. The molecular weight excluding hydrogens is 364 g/mol. The number of imide groups is 1. The zero-order chi connectivity index (χ0) is 20.1. The number of aromatic nitrogens is 2. The highest BCUT2D eigenvalue weighted by atomic mass is 16.2. The Kier molecular flexibility index (Phi) is 3.74. The van der Waals surface area contributed by atoms with Gasteiger partial charge in [0.2, 0.25) is 0 Å². The van der Waals surface area contributed by atoms with Crippen LogP contribution >= 0.6 is 0 Å². The fourth-order valence-corrected chi connectivity index (χ4v) is 3.87. The lowest BCUT2D eigenvalue weighted by Gasteiger charge is -2.08. The summed E-state index contributed by atoms with van der Waals surface area (Å²) >= 11 is 0. The van der Waals surface area contributed by atoms with E-state index in [0.29, 0.717) is 28.0 Å². The molecule has 6 nitrogen and oxygen atoms in total. The van der Waals surface area contributed by atoms with Gasteiger partial charge in [-0.1, -0.05) is 36.4 Å². The van der Waals surface area contributed by atoms with Crippen molar-refractivity contribution in [3.8, 4) is 0 Å². The summed E-state index contributed by atoms with van der Waals surface area (Å²) in [7, 11) is 0. The van der Waals surface area contributed by atoms with Gasteiger partial charge in [-0.2, -0.15) is 10.1 Å². The number of benzene rings is 2. The number of para-hydroxylation sites is 2. The van der Waals surface area contributed by atoms with Crippen molar-refractivity contribution in [3.63, 3.8) is 0 Å². The van der Waals surface area contributed by atoms with E-state index >= 15 is 0 Å². The molecule has 5 rings (SSSR count). The number of nitrogens with one attached hydrogen (secondary N) is 2. The average molecular weight is 382 g/mol. The van der Waals surface area contributed by atoms with Crippen LogP contribution in [0.1, 0.15) is 25.0 Å². The Bertz CT molecular complexity index is 1270. The van der Waals surface area contributed by atoms with Gasteiger partial charge >= 0.3 is 0 Å². The molecule has 0 saturated heterocycles. The van der Waals surface area contributed by atoms with Crippen LogP contribution in [-0.4, -0.2) is 32.5 Å². The normalized spacial score (nSPS) is 14.5. The molecule has 0 radical (unpaired) electrons. The summed E-state index contributed by atoms with van der Waals surface area (Å²) in [6.45, 7) is 3.52. The molecule has 1 aliphatic heterocycles. The van der Waals surface area contributed by atoms with Gasteiger partial charge in [0.25, 0.3) is 11.8 Å². The van der Waals surface area contributed by atoms with Gasteiger partial charge in [-0.05, 0) is 26.0 Å². The van der Waals surface area contributed by atoms with Gasteiger partial charge in [-0.15, -0.1) is 0 Å². The van der Waals surface area contributed by atoms with Crippen LogP contribution in [0, 0.1) is 0 Å². The van der Waals surface area contributed by atoms with Gasteiger partial charge in [0.1, 0.15) is 0 Å². The number of fused-ring (bicyclic) bond motifs is 2. The maximum Gasteiger partial charge on any atom is 0.283 e. The van der Waals surface area contributed by atoms with Crippen LogP contribution in [0.4, 0.5) is 0 Å². The van der Waals surface area contributed by atoms with E-state index in [1.165, 1.54) is 0 Å². The Balaban J connectivity index is 1.83. The maximum atomic E-state index is 13.4. The summed E-state index contributed by atoms with van der Waals surface area (Å²) in [5, 5.41) is 6.96. The smallest absolute Gasteiger partial charge is 0.283 e. The summed E-state index contributed by atoms with van der Waals surface area (Å²) in [6, 6.07) is 15.5. The van der Waals surface area contributed by atoms with Crippen LogP contribution in [0.25, 0.3) is 33.0 Å². The van der Waals surface area contributed by atoms with E-state index in [0.717, 1.165) is 26.8 Å². The highest BCUT2D eigenvalue weighted by Crippen LogP contribution is 2.40. The van der Waals surface area contributed by atoms with Gasteiger partial charge in [-0.3, -0.25) is 9.59 Å². The topological polar surface area (TPSA) is 81.3 Å². The van der Waals surface area contributed by atoms with E-state index in [1.807, 2.05) is 48.5 Å². The fourth-order valence-electron chi connectivity index (χ4n) is 3.87. The molecule has 142 valence electrons. The molecule has 0 fully saturated rings. The molecule has 0 bridgehead atoms. The molecule has 0 unspecified atom stereocenters. The van der Waals surface area contributed by atoms with E-state index in [1.54, 1.807) is 26.2 Å². The zero-order valence-corrected chi connectivity index (χ0v) is 16.0. The first-order valence-electron chi connectivity index (χ1n) is 9.34. The highest BCUT2D eigenvalue weighted by molar-refractivity contribution is 6.50. The average Bonchev–Trinajstić information content (AvgIpc) is 3.38. The molecule has 0 saturated carbocycles. The van der Waals surface area contributed by atoms with E-state index in [9.17, 15) is 9.59 Å². The Morgan fingerprint density at radius 3 is 1.66 bits per heavy atom. The van der Waals surface area contributed by atoms with E-state index in [4.69, 9.17) is 0 Å². The number of carbonyl (C=O) groups is 2. The van der Waals surface area contributed by atoms with Crippen molar-refractivity contribution in [2.75, 3.05) is 0 Å². The number of amides is 2. The first kappa shape index (κ1) is 17.2. The first-order chi connectivity index (χ1) is 14.1. The summed E-state index contributed by atoms with van der Waals surface area (Å²) in [6.07, 6.45) is 3.57. The van der Waals surface area contributed by atoms with E-state index in [2.05, 4.69) is 15.1 Å². The number of H-pyrrole nitrogens is 2. The standard InChI is InChI=1S/C23H18N4O2/c1-13(2)26-27-22(28)20(16-11-24-18-9-5-3-7-14(16)18)21(23(27)29)17-12-25-19-10-6-4-8-15(17)19/h3-12,24-25H,1-2H3. The van der Waals surface area contributed by atoms with Crippen molar-refractivity contribution in [1.29, 1.82) is 0 Å². The lowest BCUT2D eigenvalue weighted by atomic mass is 9.95. The summed E-state index contributed by atoms with van der Waals surface area (Å²) in [5.41, 5.74) is 4.57. The monoisotopic (exact) mass is 382 g/mol. The number of aromatic amines is 2. The van der Waals surface area contributed by atoms with Crippen LogP contribution in [0.3, 0.4) is 0 Å². The number of carbonyl (C=O) groups excluding carboxylic acids is 2. The number of hydrogen-bond acceptors (Lipinski definition) is 3. The third kappa shape index (κ3) is 2.53. The Morgan fingerprint density at radius 2 is 1.21 bits per heavy atom. The number of hydrazone groups is 1. The van der Waals surface area contributed by atoms with Crippen LogP contribution in [0.2, 0.25) is 0 Å². The minimum atomic E-state index is -0.416. The highest BCUT2D eigenvalue weighted by Gasteiger charge is 2.41. The van der Waals surface area contributed by atoms with E-state index < -0.39 is 11.8 Å². The molecule has 4 aromatic rings. The lowest BCUT2D eigenvalue weighted by Crippen LogP contribution is -2.27. The number of hydrogen-bond donors (Lipinski definition) is 2. The van der Waals surface area contributed by atoms with Gasteiger partial charge in [0.15, 0.2) is 0 Å². The summed E-state index contributed by atoms with van der Waals surface area (Å²) in [5.74, 6) is -0.831. The van der Waals surface area contributed by atoms with Crippen molar-refractivity contribution in [2.45, 2.75) is 13.8 Å². The third-order valence-electron chi connectivity index (χ3n) is 5.08. The van der Waals surface area contributed by atoms with Crippen LogP contribution in [-0.2, 0) is 9.59 Å². The number of rotatable bonds is 3. The van der Waals surface area contributed by atoms with Crippen molar-refractivity contribution < 1.29 is 9.59 Å². The number of nitrogens with zero attached hydrogens (tertiary/aromatic N) is 2. The minimum absolute atomic E-state index is 0.363. The molecule has 2 aromatic carbocycles. The second-order valence-electron chi connectivity index (χ2n) is 7.22. The summed E-state index contributed by atoms with van der Waals surface area (Å²) in [4.78, 5) is 33.1. The first-order valence-corrected chi connectivity index (χ1v) is 9.34. The van der Waals surface area contributed by atoms with Gasteiger partial charge in [0, 0.05) is 51.0 Å². The van der Waals surface area contributed by atoms with Crippen molar-refractivity contribution in [3.05, 3.63) is 72.1 Å². The molecule has 2 amide bonds. The van der Waals surface area contributed by atoms with Crippen LogP contribution in [0.15, 0.2) is 66.0 Å². The van der Waals surface area contributed by atoms with Crippen molar-refractivity contribution in [2.24, 2.45) is 5.10 Å². The van der Waals surface area contributed by atoms with Crippen molar-refractivity contribution >= 4 is 50.5 Å². The van der Waals surface area contributed by atoms with Crippen molar-refractivity contribution in [1.82, 2.24) is 15.0 Å². The SMILES string of the molecule is CC(C)=NN1C(=O)C(c2c[nH]c3ccccc23)=C(c2c[nH]c3ccccc23)C1=O. The van der Waals surface area contributed by atoms with E-state index in [-0.39, 0.29) is 0 Å². The Labute approximate surface area is 166 Å². The van der Waals surface area contributed by atoms with Crippen LogP contribution < -0.4 is 0 Å². The van der Waals surface area contributed by atoms with Gasteiger partial charge < -0.3 is 9.97 Å². The molecular formula is C23H18N4O2. The minimum Gasteiger partial charge on any atom is -0.361 e. The predicted molar refractivity (Wildman–Crippen MR) is 114 cm³/mol. The molecule has 29 heavy (non-hydrogen) atoms. The Hall–Kier alpha value is -3.93. The maximum absolute atomic E-state index is 13.4. The van der Waals surface area contributed by atoms with Gasteiger partial charge in [-0.25, -0.2) is 0 Å². The van der Waals surface area contributed by atoms with Gasteiger partial charge in [0.05, 0.1) is 11.1 Å². The van der Waals surface area contributed by atoms with Crippen LogP contribution in [0.5, 0.6) is 0 Å². The molecule has 0 atom stereocenters. The summed E-state index contributed by atoms with van der Waals surface area (Å²) < 4.78 is 0. The molecule has 1 aliphatic rings. The second-order valence-corrected chi connectivity index (χ2v) is 7.22. The largest absolute Gasteiger partial charge is 0.361 e. The lowest BCUT2D eigenvalue weighted by molar-refractivity contribution is -0.136. The molecule has 2 N–H and O–H groups in total. The zero-order valence-electron chi connectivity index (χ0n) is 16.0. The molecule has 0 spiro atoms. The predicted octanol–water partition coefficient (Wildman–Crippen LogP) is 4.32. The quantitative estimate of drug-likeness (QED) is 0.409. The molecule has 3 heterocycles. The molecule has 2 aromatic heterocycles. The third-order valence-corrected chi connectivity index (χ3v) is 5.08. The second kappa shape index (κ2) is 6.31. The Morgan fingerprint density at radius 1 is 0.759 bits per heavy atom. The molecule has 0 aliphatic carbocycles.